The number of carbonyl (C=O) groups excluding carboxylic acids is 4. The number of nitrogens with one attached hydrogen (secondary N) is 2. The molecule has 2 aliphatic heterocycles. The van der Waals surface area contributed by atoms with E-state index < -0.39 is 129 Å². The molecule has 19 heteroatoms. The van der Waals surface area contributed by atoms with Crippen molar-refractivity contribution in [3.8, 4) is 5.88 Å². The number of alkyl halides is 4. The van der Waals surface area contributed by atoms with E-state index in [0.717, 1.165) is 11.0 Å². The zero-order valence-corrected chi connectivity index (χ0v) is 33.3. The van der Waals surface area contributed by atoms with Crippen molar-refractivity contribution >= 4 is 44.7 Å². The van der Waals surface area contributed by atoms with E-state index in [0.29, 0.717) is 25.3 Å². The second-order valence-corrected chi connectivity index (χ2v) is 19.6. The van der Waals surface area contributed by atoms with E-state index >= 15 is 8.78 Å². The van der Waals surface area contributed by atoms with Gasteiger partial charge in [0.2, 0.25) is 34.1 Å². The normalized spacial score (nSPS) is 31.5. The summed E-state index contributed by atoms with van der Waals surface area (Å²) in [4.78, 5) is 65.6. The second kappa shape index (κ2) is 15.0. The Bertz CT molecular complexity index is 2130. The van der Waals surface area contributed by atoms with Crippen molar-refractivity contribution in [3.05, 3.63) is 42.1 Å². The van der Waals surface area contributed by atoms with Gasteiger partial charge < -0.3 is 24.4 Å². The molecule has 0 spiro atoms. The predicted molar refractivity (Wildman–Crippen MR) is 198 cm³/mol. The highest BCUT2D eigenvalue weighted by Crippen LogP contribution is 2.59. The Kier molecular flexibility index (Phi) is 10.8. The lowest BCUT2D eigenvalue weighted by Gasteiger charge is -2.35. The standard InChI is InChI=1S/C39H47F4N5O9S/c1-36(2,3)30-33(50)48-20-21(17-25(48)26(49)19-38(18-22(38)31(40)41)34(51)47-58(53,54)37(4)14-15-37)56-32-29(44-23-9-5-6-10-24(23)45-32)39(42,43)13-8-16-55-27-11-7-12-28(27)57-35(52)46-30/h5-6,8-10,13,21-22,25,27-28,30-31H,7,11-12,14-20H2,1-4H3,(H,46,52)(H,47,51)/b13-8+/t21?,22-,25-,27+,28+,30+,38+/m0/s1. The number of carbonyl (C=O) groups is 4. The summed E-state index contributed by atoms with van der Waals surface area (Å²) in [5.41, 5.74) is -3.61. The molecule has 2 aromatic rings. The van der Waals surface area contributed by atoms with Gasteiger partial charge in [-0.15, -0.1) is 0 Å². The van der Waals surface area contributed by atoms with Gasteiger partial charge >= 0.3 is 12.0 Å². The number of fused-ring (bicyclic) bond motifs is 5. The Morgan fingerprint density at radius 3 is 2.36 bits per heavy atom. The lowest BCUT2D eigenvalue weighted by atomic mass is 9.85. The van der Waals surface area contributed by atoms with Crippen LogP contribution in [0.5, 0.6) is 5.88 Å². The van der Waals surface area contributed by atoms with Crippen molar-refractivity contribution in [2.75, 3.05) is 13.2 Å². The van der Waals surface area contributed by atoms with Crippen LogP contribution in [0.15, 0.2) is 36.4 Å². The molecule has 1 unspecified atom stereocenters. The molecule has 14 nitrogen and oxygen atoms in total. The first kappa shape index (κ1) is 41.8. The Morgan fingerprint density at radius 2 is 1.72 bits per heavy atom. The van der Waals surface area contributed by atoms with Crippen LogP contribution < -0.4 is 14.8 Å². The third-order valence-electron chi connectivity index (χ3n) is 12.0. The monoisotopic (exact) mass is 837 g/mol. The molecule has 1 aromatic heterocycles. The van der Waals surface area contributed by atoms with Crippen LogP contribution in [-0.4, -0.2) is 102 Å². The number of ether oxygens (including phenoxy) is 3. The van der Waals surface area contributed by atoms with Gasteiger partial charge in [-0.1, -0.05) is 39.0 Å². The van der Waals surface area contributed by atoms with E-state index in [1.165, 1.54) is 19.1 Å². The molecule has 7 atom stereocenters. The van der Waals surface area contributed by atoms with Crippen LogP contribution in [-0.2, 0) is 39.8 Å². The van der Waals surface area contributed by atoms with Crippen LogP contribution in [0.25, 0.3) is 11.0 Å². The van der Waals surface area contributed by atoms with Crippen molar-refractivity contribution in [1.29, 1.82) is 0 Å². The molecular weight excluding hydrogens is 791 g/mol. The average Bonchev–Trinajstić information content (AvgIpc) is 3.97. The molecule has 4 fully saturated rings. The van der Waals surface area contributed by atoms with Gasteiger partial charge in [0.25, 0.3) is 0 Å². The lowest BCUT2D eigenvalue weighted by molar-refractivity contribution is -0.142. The largest absolute Gasteiger partial charge is 0.471 e. The first-order valence-corrected chi connectivity index (χ1v) is 20.9. The highest BCUT2D eigenvalue weighted by Gasteiger charge is 2.67. The average molecular weight is 838 g/mol. The first-order chi connectivity index (χ1) is 27.1. The van der Waals surface area contributed by atoms with E-state index in [-0.39, 0.29) is 36.9 Å². The number of sulfonamides is 1. The Labute approximate surface area is 332 Å². The molecule has 1 aromatic carbocycles. The van der Waals surface area contributed by atoms with E-state index in [9.17, 15) is 36.4 Å². The number of aromatic nitrogens is 2. The summed E-state index contributed by atoms with van der Waals surface area (Å²) in [5, 5.41) is 2.63. The fraction of sp³-hybridized carbons (Fsp3) is 0.641. The van der Waals surface area contributed by atoms with Crippen LogP contribution in [0.2, 0.25) is 0 Å². The minimum Gasteiger partial charge on any atom is -0.471 e. The number of halogens is 4. The molecule has 3 heterocycles. The van der Waals surface area contributed by atoms with Gasteiger partial charge in [-0.2, -0.15) is 8.78 Å². The zero-order valence-electron chi connectivity index (χ0n) is 32.5. The highest BCUT2D eigenvalue weighted by atomic mass is 32.2. The number of amides is 3. The minimum absolute atomic E-state index is 0.140. The van der Waals surface area contributed by atoms with Crippen molar-refractivity contribution in [2.45, 2.75) is 127 Å². The lowest BCUT2D eigenvalue weighted by Crippen LogP contribution is -2.57. The summed E-state index contributed by atoms with van der Waals surface area (Å²) >= 11 is 0. The molecule has 5 aliphatic rings. The molecule has 0 radical (unpaired) electrons. The molecule has 3 saturated carbocycles. The Morgan fingerprint density at radius 1 is 1.05 bits per heavy atom. The SMILES string of the molecule is CC(C)(C)[C@@H]1NC(=O)O[C@@H]2CCC[C@H]2OC/C=C/C(F)(F)c2nc3ccccc3nc2OC2C[C@@H](C(=O)C[C@]3(C(=O)NS(=O)(=O)C4(C)CC4)C[C@H]3C(F)F)N(C2)C1=O. The van der Waals surface area contributed by atoms with E-state index in [4.69, 9.17) is 14.2 Å². The van der Waals surface area contributed by atoms with Gasteiger partial charge in [0.15, 0.2) is 11.5 Å². The third kappa shape index (κ3) is 8.12. The van der Waals surface area contributed by atoms with Gasteiger partial charge in [0.05, 0.1) is 46.5 Å². The molecule has 58 heavy (non-hydrogen) atoms. The Balaban J connectivity index is 1.26. The molecule has 3 aliphatic carbocycles. The zero-order chi connectivity index (χ0) is 42.0. The number of para-hydroxylation sites is 2. The summed E-state index contributed by atoms with van der Waals surface area (Å²) in [7, 11) is -4.26. The number of hydrogen-bond acceptors (Lipinski definition) is 11. The number of benzene rings is 1. The number of nitrogens with zero attached hydrogens (tertiary/aromatic N) is 3. The summed E-state index contributed by atoms with van der Waals surface area (Å²) in [6, 6.07) is 3.44. The van der Waals surface area contributed by atoms with Crippen LogP contribution >= 0.6 is 0 Å². The Hall–Kier alpha value is -4.39. The summed E-state index contributed by atoms with van der Waals surface area (Å²) < 4.78 is 105. The molecule has 3 amide bonds. The van der Waals surface area contributed by atoms with E-state index in [2.05, 4.69) is 15.3 Å². The van der Waals surface area contributed by atoms with Crippen LogP contribution in [0.3, 0.4) is 0 Å². The highest BCUT2D eigenvalue weighted by molar-refractivity contribution is 7.91. The topological polar surface area (TPSA) is 183 Å². The quantitative estimate of drug-likeness (QED) is 0.285. The number of allylic oxidation sites excluding steroid dienone is 1. The van der Waals surface area contributed by atoms with Gasteiger partial charge in [0.1, 0.15) is 18.2 Å². The number of hydrogen-bond donors (Lipinski definition) is 2. The van der Waals surface area contributed by atoms with Crippen molar-refractivity contribution in [3.63, 3.8) is 0 Å². The smallest absolute Gasteiger partial charge is 0.408 e. The number of ketones is 1. The molecule has 2 N–H and O–H groups in total. The van der Waals surface area contributed by atoms with Gasteiger partial charge in [0, 0.05) is 18.8 Å². The van der Waals surface area contributed by atoms with Gasteiger partial charge in [-0.25, -0.2) is 32.0 Å². The molecule has 316 valence electrons. The van der Waals surface area contributed by atoms with Crippen LogP contribution in [0, 0.1) is 16.7 Å². The summed E-state index contributed by atoms with van der Waals surface area (Å²) in [6.45, 7) is 5.74. The predicted octanol–water partition coefficient (Wildman–Crippen LogP) is 4.95. The van der Waals surface area contributed by atoms with Crippen LogP contribution in [0.1, 0.15) is 84.8 Å². The molecule has 1 saturated heterocycles. The maximum Gasteiger partial charge on any atom is 0.408 e. The first-order valence-electron chi connectivity index (χ1n) is 19.4. The van der Waals surface area contributed by atoms with Crippen molar-refractivity contribution in [2.24, 2.45) is 16.7 Å². The van der Waals surface area contributed by atoms with Gasteiger partial charge in [-0.3, -0.25) is 19.1 Å². The maximum absolute atomic E-state index is 16.1. The van der Waals surface area contributed by atoms with Crippen molar-refractivity contribution in [1.82, 2.24) is 24.9 Å². The third-order valence-corrected chi connectivity index (χ3v) is 14.2. The molecular formula is C39H47F4N5O9S. The van der Waals surface area contributed by atoms with E-state index in [1.807, 2.05) is 4.72 Å². The number of rotatable bonds is 7. The minimum atomic E-state index is -4.26. The van der Waals surface area contributed by atoms with Crippen molar-refractivity contribution < 1.29 is 59.4 Å². The fourth-order valence-electron chi connectivity index (χ4n) is 8.08. The van der Waals surface area contributed by atoms with Crippen LogP contribution in [0.4, 0.5) is 22.4 Å². The summed E-state index contributed by atoms with van der Waals surface area (Å²) in [6.07, 6.45) is -4.57. The molecule has 2 bridgehead atoms. The fourth-order valence-corrected chi connectivity index (χ4v) is 9.41. The summed E-state index contributed by atoms with van der Waals surface area (Å²) in [5.74, 6) is -8.89. The maximum atomic E-state index is 16.1. The van der Waals surface area contributed by atoms with Gasteiger partial charge in [-0.05, 0) is 69.1 Å². The number of alkyl carbamates (subject to hydrolysis) is 1. The number of Topliss-reactive ketones (excluding diaryl/α,β-unsaturated/α-hetero) is 1. The molecule has 7 rings (SSSR count). The second-order valence-electron chi connectivity index (χ2n) is 17.4. The van der Waals surface area contributed by atoms with E-state index in [1.54, 1.807) is 32.9 Å².